The maximum Gasteiger partial charge on any atom is 0.326 e. The highest BCUT2D eigenvalue weighted by molar-refractivity contribution is 5.98. The summed E-state index contributed by atoms with van der Waals surface area (Å²) >= 11 is 0. The number of nitrogens with zero attached hydrogens (tertiary/aromatic N) is 2. The van der Waals surface area contributed by atoms with Crippen molar-refractivity contribution < 1.29 is 24.6 Å². The van der Waals surface area contributed by atoms with Crippen molar-refractivity contribution >= 4 is 46.7 Å². The summed E-state index contributed by atoms with van der Waals surface area (Å²) in [6.45, 7) is 0.682. The van der Waals surface area contributed by atoms with Crippen LogP contribution in [0.4, 0.5) is 23.1 Å². The van der Waals surface area contributed by atoms with Gasteiger partial charge in [-0.3, -0.25) is 19.4 Å². The Morgan fingerprint density at radius 1 is 1.19 bits per heavy atom. The van der Waals surface area contributed by atoms with Gasteiger partial charge in [0.1, 0.15) is 6.04 Å². The van der Waals surface area contributed by atoms with Gasteiger partial charge < -0.3 is 31.9 Å². The summed E-state index contributed by atoms with van der Waals surface area (Å²) in [4.78, 5) is 56.7. The van der Waals surface area contributed by atoms with Gasteiger partial charge in [0.25, 0.3) is 11.5 Å². The van der Waals surface area contributed by atoms with Gasteiger partial charge in [-0.25, -0.2) is 9.79 Å². The van der Waals surface area contributed by atoms with Gasteiger partial charge in [-0.05, 0) is 30.7 Å². The number of nitrogens with one attached hydrogen (secondary N) is 4. The topological polar surface area (TPSA) is 212 Å². The van der Waals surface area contributed by atoms with Gasteiger partial charge in [0.05, 0.1) is 18.8 Å². The van der Waals surface area contributed by atoms with Gasteiger partial charge in [-0.15, -0.1) is 0 Å². The lowest BCUT2D eigenvalue weighted by Crippen LogP contribution is -2.41. The number of aromatic amines is 1. The van der Waals surface area contributed by atoms with Crippen LogP contribution in [0.3, 0.4) is 0 Å². The van der Waals surface area contributed by atoms with Crippen molar-refractivity contribution in [2.24, 2.45) is 4.99 Å². The zero-order chi connectivity index (χ0) is 23.3. The molecule has 0 radical (unpaired) electrons. The van der Waals surface area contributed by atoms with Crippen LogP contribution >= 0.6 is 0 Å². The first-order valence-corrected chi connectivity index (χ1v) is 9.52. The van der Waals surface area contributed by atoms with Gasteiger partial charge in [-0.1, -0.05) is 0 Å². The van der Waals surface area contributed by atoms with Crippen molar-refractivity contribution in [1.82, 2.24) is 15.3 Å². The van der Waals surface area contributed by atoms with Gasteiger partial charge in [0.2, 0.25) is 5.95 Å². The Bertz CT molecular complexity index is 1130. The molecule has 2 aromatic rings. The van der Waals surface area contributed by atoms with E-state index in [-0.39, 0.29) is 30.0 Å². The molecule has 13 heteroatoms. The molecule has 1 atom stereocenters. The van der Waals surface area contributed by atoms with Crippen LogP contribution in [0.15, 0.2) is 34.1 Å². The van der Waals surface area contributed by atoms with Crippen LogP contribution in [-0.2, 0) is 9.59 Å². The minimum atomic E-state index is -1.31. The molecule has 32 heavy (non-hydrogen) atoms. The number of carboxylic acid groups (broad SMARTS) is 2. The van der Waals surface area contributed by atoms with Crippen LogP contribution in [0, 0.1) is 0 Å². The lowest BCUT2D eigenvalue weighted by atomic mass is 10.1. The fourth-order valence-electron chi connectivity index (χ4n) is 2.91. The predicted molar refractivity (Wildman–Crippen MR) is 116 cm³/mol. The van der Waals surface area contributed by atoms with Gasteiger partial charge >= 0.3 is 11.9 Å². The van der Waals surface area contributed by atoms with E-state index in [0.717, 1.165) is 0 Å². The predicted octanol–water partition coefficient (Wildman–Crippen LogP) is 0.0100. The van der Waals surface area contributed by atoms with Crippen molar-refractivity contribution in [2.45, 2.75) is 18.9 Å². The second-order valence-corrected chi connectivity index (χ2v) is 6.91. The van der Waals surface area contributed by atoms with E-state index in [1.165, 1.54) is 12.1 Å². The molecule has 168 valence electrons. The third kappa shape index (κ3) is 5.59. The normalized spacial score (nSPS) is 13.2. The van der Waals surface area contributed by atoms with Crippen molar-refractivity contribution in [3.8, 4) is 0 Å². The molecule has 2 heterocycles. The number of nitrogen functional groups attached to an aromatic ring is 1. The lowest BCUT2D eigenvalue weighted by molar-refractivity contribution is -0.140. The van der Waals surface area contributed by atoms with E-state index < -0.39 is 29.4 Å². The molecule has 1 aliphatic heterocycles. The summed E-state index contributed by atoms with van der Waals surface area (Å²) in [5.41, 5.74) is 6.74. The van der Waals surface area contributed by atoms with Gasteiger partial charge in [0, 0.05) is 17.7 Å². The molecule has 0 fully saturated rings. The molecule has 0 saturated heterocycles. The Kier molecular flexibility index (Phi) is 6.68. The van der Waals surface area contributed by atoms with E-state index in [1.54, 1.807) is 12.1 Å². The number of carbonyl (C=O) groups excluding carboxylic acids is 1. The molecule has 1 aromatic carbocycles. The Labute approximate surface area is 180 Å². The fourth-order valence-corrected chi connectivity index (χ4v) is 2.91. The molecular weight excluding hydrogens is 422 g/mol. The summed E-state index contributed by atoms with van der Waals surface area (Å²) < 4.78 is 0. The van der Waals surface area contributed by atoms with Crippen LogP contribution in [0.25, 0.3) is 0 Å². The van der Waals surface area contributed by atoms with E-state index in [2.05, 4.69) is 30.9 Å². The molecule has 0 spiro atoms. The van der Waals surface area contributed by atoms with Crippen molar-refractivity contribution in [3.05, 3.63) is 40.2 Å². The van der Waals surface area contributed by atoms with Gasteiger partial charge in [-0.2, -0.15) is 4.98 Å². The van der Waals surface area contributed by atoms with Crippen LogP contribution < -0.4 is 27.2 Å². The van der Waals surface area contributed by atoms with Crippen LogP contribution in [0.1, 0.15) is 23.2 Å². The number of carboxylic acids is 2. The summed E-state index contributed by atoms with van der Waals surface area (Å²) in [5.74, 6) is -2.77. The maximum absolute atomic E-state index is 12.3. The zero-order valence-electron chi connectivity index (χ0n) is 16.7. The third-order valence-corrected chi connectivity index (χ3v) is 4.54. The average molecular weight is 443 g/mol. The number of fused-ring (bicyclic) bond motifs is 1. The van der Waals surface area contributed by atoms with Gasteiger partial charge in [0.15, 0.2) is 11.5 Å². The third-order valence-electron chi connectivity index (χ3n) is 4.54. The Morgan fingerprint density at radius 2 is 1.91 bits per heavy atom. The second kappa shape index (κ2) is 9.59. The minimum absolute atomic E-state index is 0.00119. The van der Waals surface area contributed by atoms with E-state index in [4.69, 9.17) is 15.9 Å². The zero-order valence-corrected chi connectivity index (χ0v) is 16.7. The standard InChI is InChI=1S/C19H21N7O6/c20-19-25-15-14(17(30)26-19)23-11(8-22-15)7-21-10-3-1-9(2-4-10)16(29)24-12(18(31)32)5-6-13(27)28/h1-4,12,21H,5-8H2,(H,24,29)(H,27,28)(H,31,32)(H4,20,22,25,26,30)/t12-/m1/s1. The molecule has 0 saturated carbocycles. The smallest absolute Gasteiger partial charge is 0.326 e. The largest absolute Gasteiger partial charge is 0.481 e. The van der Waals surface area contributed by atoms with Crippen molar-refractivity contribution in [2.75, 3.05) is 29.5 Å². The molecule has 13 nitrogen and oxygen atoms in total. The summed E-state index contributed by atoms with van der Waals surface area (Å²) in [6, 6.07) is 4.95. The lowest BCUT2D eigenvalue weighted by Gasteiger charge is -2.17. The SMILES string of the molecule is Nc1nc2c(c(=O)[nH]1)N=C(CNc1ccc(C(=O)N[C@H](CCC(=O)O)C(=O)O)cc1)CN2. The first kappa shape index (κ1) is 22.3. The van der Waals surface area contributed by atoms with E-state index >= 15 is 0 Å². The highest BCUT2D eigenvalue weighted by atomic mass is 16.4. The number of aromatic nitrogens is 2. The number of rotatable bonds is 9. The summed E-state index contributed by atoms with van der Waals surface area (Å²) in [5, 5.41) is 26.2. The molecule has 0 aliphatic carbocycles. The number of nitrogens with two attached hydrogens (primary N) is 1. The number of hydrogen-bond donors (Lipinski definition) is 7. The molecule has 1 aromatic heterocycles. The van der Waals surface area contributed by atoms with Crippen molar-refractivity contribution in [3.63, 3.8) is 0 Å². The number of anilines is 3. The van der Waals surface area contributed by atoms with Crippen molar-refractivity contribution in [1.29, 1.82) is 0 Å². The highest BCUT2D eigenvalue weighted by Crippen LogP contribution is 2.21. The summed E-state index contributed by atoms with van der Waals surface area (Å²) in [7, 11) is 0. The number of carbonyl (C=O) groups is 3. The van der Waals surface area contributed by atoms with Crippen LogP contribution in [0.2, 0.25) is 0 Å². The Balaban J connectivity index is 1.59. The average Bonchev–Trinajstić information content (AvgIpc) is 2.75. The number of hydrogen-bond acceptors (Lipinski definition) is 9. The first-order chi connectivity index (χ1) is 15.2. The van der Waals surface area contributed by atoms with E-state index in [1.807, 2.05) is 0 Å². The van der Waals surface area contributed by atoms with E-state index in [9.17, 15) is 19.2 Å². The molecule has 1 aliphatic rings. The molecule has 0 unspecified atom stereocenters. The number of aliphatic imine (C=N–C) groups is 1. The Hall–Kier alpha value is -4.42. The number of aliphatic carboxylic acids is 2. The van der Waals surface area contributed by atoms with Crippen LogP contribution in [0.5, 0.6) is 0 Å². The Morgan fingerprint density at radius 3 is 2.56 bits per heavy atom. The first-order valence-electron chi connectivity index (χ1n) is 9.52. The number of H-pyrrole nitrogens is 1. The monoisotopic (exact) mass is 443 g/mol. The molecule has 8 N–H and O–H groups in total. The molecule has 0 bridgehead atoms. The molecular formula is C19H21N7O6. The minimum Gasteiger partial charge on any atom is -0.481 e. The van der Waals surface area contributed by atoms with Crippen LogP contribution in [-0.4, -0.2) is 62.9 Å². The van der Waals surface area contributed by atoms with E-state index in [0.29, 0.717) is 30.3 Å². The fraction of sp³-hybridized carbons (Fsp3) is 0.263. The summed E-state index contributed by atoms with van der Waals surface area (Å²) in [6.07, 6.45) is -0.598. The quantitative estimate of drug-likeness (QED) is 0.276. The number of benzene rings is 1. The second-order valence-electron chi connectivity index (χ2n) is 6.91. The molecule has 3 rings (SSSR count). The maximum atomic E-state index is 12.3. The number of amides is 1. The highest BCUT2D eigenvalue weighted by Gasteiger charge is 2.21. The molecule has 1 amide bonds.